The van der Waals surface area contributed by atoms with E-state index in [1.54, 1.807) is 35.8 Å². The van der Waals surface area contributed by atoms with Gasteiger partial charge in [-0.1, -0.05) is 48.9 Å². The number of rotatable bonds is 7. The number of aryl methyl sites for hydroxylation is 1. The molecule has 1 amide bonds. The Morgan fingerprint density at radius 1 is 1.17 bits per heavy atom. The molecule has 3 aromatic rings. The number of sulfonamides is 1. The maximum Gasteiger partial charge on any atom is 0.326 e. The molecule has 36 heavy (non-hydrogen) atoms. The summed E-state index contributed by atoms with van der Waals surface area (Å²) in [5, 5.41) is 0. The summed E-state index contributed by atoms with van der Waals surface area (Å²) in [5.41, 5.74) is 2.87. The van der Waals surface area contributed by atoms with Crippen LogP contribution in [-0.2, 0) is 30.9 Å². The minimum Gasteiger partial charge on any atom is -0.465 e. The number of hydrogen-bond acceptors (Lipinski definition) is 6. The largest absolute Gasteiger partial charge is 0.465 e. The summed E-state index contributed by atoms with van der Waals surface area (Å²) in [6.07, 6.45) is 0.970. The van der Waals surface area contributed by atoms with Crippen molar-refractivity contribution in [3.8, 4) is 0 Å². The van der Waals surface area contributed by atoms with Crippen LogP contribution in [0.1, 0.15) is 50.7 Å². The highest BCUT2D eigenvalue weighted by atomic mass is 32.2. The molecule has 0 bridgehead atoms. The predicted octanol–water partition coefficient (Wildman–Crippen LogP) is 3.98. The van der Waals surface area contributed by atoms with Crippen LogP contribution in [0.15, 0.2) is 52.4 Å². The van der Waals surface area contributed by atoms with Crippen molar-refractivity contribution in [3.63, 3.8) is 0 Å². The Hall–Kier alpha value is -2.82. The van der Waals surface area contributed by atoms with E-state index in [9.17, 15) is 18.0 Å². The monoisotopic (exact) mass is 529 g/mol. The molecule has 1 saturated heterocycles. The molecule has 0 radical (unpaired) electrons. The van der Waals surface area contributed by atoms with Gasteiger partial charge in [0.15, 0.2) is 4.80 Å². The highest BCUT2D eigenvalue weighted by molar-refractivity contribution is 7.89. The molecule has 192 valence electrons. The Labute approximate surface area is 215 Å². The number of aromatic nitrogens is 1. The normalized spacial score (nSPS) is 17.2. The Balaban J connectivity index is 1.74. The Kier molecular flexibility index (Phi) is 7.77. The highest BCUT2D eigenvalue weighted by Gasteiger charge is 2.39. The Morgan fingerprint density at radius 3 is 2.56 bits per heavy atom. The lowest BCUT2D eigenvalue weighted by Crippen LogP contribution is -2.40. The maximum atomic E-state index is 13.4. The van der Waals surface area contributed by atoms with Gasteiger partial charge in [0.1, 0.15) is 12.6 Å². The van der Waals surface area contributed by atoms with Crippen molar-refractivity contribution in [2.75, 3.05) is 13.2 Å². The third-order valence-corrected chi connectivity index (χ3v) is 9.25. The van der Waals surface area contributed by atoms with Gasteiger partial charge in [-0.3, -0.25) is 9.59 Å². The first-order chi connectivity index (χ1) is 17.1. The summed E-state index contributed by atoms with van der Waals surface area (Å²) in [6.45, 7) is 8.24. The molecule has 8 nitrogen and oxygen atoms in total. The minimum atomic E-state index is -3.84. The third kappa shape index (κ3) is 5.30. The van der Waals surface area contributed by atoms with Crippen LogP contribution in [0.3, 0.4) is 0 Å². The summed E-state index contributed by atoms with van der Waals surface area (Å²) in [4.78, 5) is 30.6. The quantitative estimate of drug-likeness (QED) is 0.431. The zero-order chi connectivity index (χ0) is 26.0. The van der Waals surface area contributed by atoms with Crippen molar-refractivity contribution < 1.29 is 22.7 Å². The van der Waals surface area contributed by atoms with Crippen LogP contribution in [0.25, 0.3) is 10.2 Å². The smallest absolute Gasteiger partial charge is 0.326 e. The number of fused-ring (bicyclic) bond motifs is 1. The van der Waals surface area contributed by atoms with Gasteiger partial charge < -0.3 is 9.30 Å². The van der Waals surface area contributed by atoms with E-state index in [0.29, 0.717) is 23.6 Å². The van der Waals surface area contributed by atoms with Gasteiger partial charge in [-0.25, -0.2) is 8.42 Å². The summed E-state index contributed by atoms with van der Waals surface area (Å²) in [7, 11) is -3.84. The molecule has 2 heterocycles. The topological polar surface area (TPSA) is 98.0 Å². The van der Waals surface area contributed by atoms with Gasteiger partial charge in [0, 0.05) is 6.54 Å². The first-order valence-electron chi connectivity index (χ1n) is 12.1. The zero-order valence-electron chi connectivity index (χ0n) is 20.9. The molecular weight excluding hydrogens is 498 g/mol. The third-order valence-electron chi connectivity index (χ3n) is 6.29. The number of amides is 1. The molecule has 0 N–H and O–H groups in total. The zero-order valence-corrected chi connectivity index (χ0v) is 22.6. The standard InChI is InChI=1S/C26H31N3O5S2/c1-5-34-24(30)16-28-21-13-10-19(17(2)3)15-23(21)35-26(28)27-25(31)22-7-6-14-29(22)36(32,33)20-11-8-18(4)9-12-20/h8-13,15,17,22H,5-7,14,16H2,1-4H3. The van der Waals surface area contributed by atoms with Gasteiger partial charge in [0.25, 0.3) is 5.91 Å². The first-order valence-corrected chi connectivity index (χ1v) is 14.3. The number of esters is 1. The van der Waals surface area contributed by atoms with Crippen molar-refractivity contribution in [1.82, 2.24) is 8.87 Å². The van der Waals surface area contributed by atoms with Gasteiger partial charge >= 0.3 is 5.97 Å². The van der Waals surface area contributed by atoms with Gasteiger partial charge in [0.05, 0.1) is 21.7 Å². The minimum absolute atomic E-state index is 0.0863. The number of nitrogens with zero attached hydrogens (tertiary/aromatic N) is 3. The van der Waals surface area contributed by atoms with Crippen LogP contribution in [0.2, 0.25) is 0 Å². The Bertz CT molecular complexity index is 1450. The lowest BCUT2D eigenvalue weighted by molar-refractivity contribution is -0.143. The van der Waals surface area contributed by atoms with Crippen LogP contribution in [0.5, 0.6) is 0 Å². The van der Waals surface area contributed by atoms with Crippen molar-refractivity contribution in [1.29, 1.82) is 0 Å². The number of ether oxygens (including phenoxy) is 1. The second-order valence-corrected chi connectivity index (χ2v) is 12.1. The van der Waals surface area contributed by atoms with E-state index < -0.39 is 27.9 Å². The summed E-state index contributed by atoms with van der Waals surface area (Å²) < 4.78 is 35.6. The Morgan fingerprint density at radius 2 is 1.89 bits per heavy atom. The van der Waals surface area contributed by atoms with E-state index in [1.807, 2.05) is 25.1 Å². The molecule has 2 aromatic carbocycles. The molecule has 1 unspecified atom stereocenters. The number of carbonyl (C=O) groups is 2. The van der Waals surface area contributed by atoms with Crippen LogP contribution < -0.4 is 4.80 Å². The fourth-order valence-electron chi connectivity index (χ4n) is 4.31. The van der Waals surface area contributed by atoms with Crippen molar-refractivity contribution in [3.05, 3.63) is 58.4 Å². The van der Waals surface area contributed by atoms with Crippen molar-refractivity contribution in [2.24, 2.45) is 4.99 Å². The molecule has 0 saturated carbocycles. The van der Waals surface area contributed by atoms with Crippen LogP contribution in [0.4, 0.5) is 0 Å². The lowest BCUT2D eigenvalue weighted by atomic mass is 10.0. The molecule has 0 spiro atoms. The van der Waals surface area contributed by atoms with Crippen LogP contribution in [-0.4, -0.2) is 48.4 Å². The second kappa shape index (κ2) is 10.7. The van der Waals surface area contributed by atoms with E-state index in [-0.39, 0.29) is 24.6 Å². The SMILES string of the molecule is CCOC(=O)Cn1c(=NC(=O)C2CCCN2S(=O)(=O)c2ccc(C)cc2)sc2cc(C(C)C)ccc21. The van der Waals surface area contributed by atoms with Gasteiger partial charge in [0.2, 0.25) is 10.0 Å². The van der Waals surface area contributed by atoms with Crippen LogP contribution >= 0.6 is 11.3 Å². The molecular formula is C26H31N3O5S2. The summed E-state index contributed by atoms with van der Waals surface area (Å²) in [6, 6.07) is 11.7. The molecule has 1 aliphatic heterocycles. The predicted molar refractivity (Wildman–Crippen MR) is 139 cm³/mol. The van der Waals surface area contributed by atoms with E-state index >= 15 is 0 Å². The summed E-state index contributed by atoms with van der Waals surface area (Å²) >= 11 is 1.31. The number of thiazole rings is 1. The number of hydrogen-bond donors (Lipinski definition) is 0. The maximum absolute atomic E-state index is 13.4. The average Bonchev–Trinajstić information content (AvgIpc) is 3.45. The second-order valence-electron chi connectivity index (χ2n) is 9.19. The molecule has 1 aliphatic rings. The van der Waals surface area contributed by atoms with Gasteiger partial charge in [-0.05, 0) is 62.4 Å². The lowest BCUT2D eigenvalue weighted by Gasteiger charge is -2.21. The molecule has 1 aromatic heterocycles. The van der Waals surface area contributed by atoms with E-state index in [4.69, 9.17) is 4.74 Å². The average molecular weight is 530 g/mol. The van der Waals surface area contributed by atoms with Gasteiger partial charge in [-0.2, -0.15) is 9.30 Å². The molecule has 10 heteroatoms. The summed E-state index contributed by atoms with van der Waals surface area (Å²) in [5.74, 6) is -0.643. The number of benzene rings is 2. The van der Waals surface area contributed by atoms with Crippen molar-refractivity contribution >= 4 is 43.5 Å². The highest BCUT2D eigenvalue weighted by Crippen LogP contribution is 2.28. The molecule has 4 rings (SSSR count). The first kappa shape index (κ1) is 26.2. The molecule has 1 atom stereocenters. The fraction of sp³-hybridized carbons (Fsp3) is 0.423. The van der Waals surface area contributed by atoms with Gasteiger partial charge in [-0.15, -0.1) is 0 Å². The number of carbonyl (C=O) groups excluding carboxylic acids is 2. The fourth-order valence-corrected chi connectivity index (χ4v) is 7.05. The van der Waals surface area contributed by atoms with E-state index in [2.05, 4.69) is 18.8 Å². The van der Waals surface area contributed by atoms with Crippen molar-refractivity contribution in [2.45, 2.75) is 63.9 Å². The van der Waals surface area contributed by atoms with E-state index in [1.165, 1.54) is 15.6 Å². The molecule has 0 aliphatic carbocycles. The molecule has 1 fully saturated rings. The van der Waals surface area contributed by atoms with E-state index in [0.717, 1.165) is 21.3 Å². The van der Waals surface area contributed by atoms with Crippen LogP contribution in [0, 0.1) is 6.92 Å².